The largest absolute Gasteiger partial charge is 0.369 e. The quantitative estimate of drug-likeness (QED) is 0.844. The van der Waals surface area contributed by atoms with E-state index in [2.05, 4.69) is 4.98 Å². The van der Waals surface area contributed by atoms with Crippen LogP contribution in [0.3, 0.4) is 0 Å². The molecule has 2 aliphatic heterocycles. The van der Waals surface area contributed by atoms with Gasteiger partial charge in [-0.3, -0.25) is 9.59 Å². The zero-order chi connectivity index (χ0) is 18.6. The lowest BCUT2D eigenvalue weighted by Crippen LogP contribution is -2.77. The Labute approximate surface area is 158 Å². The molecule has 1 N–H and O–H groups in total. The third-order valence-electron chi connectivity index (χ3n) is 6.57. The van der Waals surface area contributed by atoms with E-state index in [1.165, 1.54) is 12.8 Å². The van der Waals surface area contributed by atoms with E-state index in [0.29, 0.717) is 24.7 Å². The number of piperidine rings is 1. The SMILES string of the molecule is COC1C(=O)N(CC2CC2)C12CCN(C(=O)c1cc3ccccc3[nH]1)CC2. The number of ether oxygens (including phenoxy) is 1. The molecule has 6 nitrogen and oxygen atoms in total. The molecule has 1 aromatic heterocycles. The Morgan fingerprint density at radius 2 is 2.00 bits per heavy atom. The number of aromatic nitrogens is 1. The molecule has 1 aliphatic carbocycles. The number of rotatable bonds is 4. The smallest absolute Gasteiger partial charge is 0.270 e. The fourth-order valence-electron chi connectivity index (χ4n) is 4.80. The predicted octanol–water partition coefficient (Wildman–Crippen LogP) is 2.41. The van der Waals surface area contributed by atoms with E-state index >= 15 is 0 Å². The Morgan fingerprint density at radius 1 is 1.26 bits per heavy atom. The number of H-pyrrole nitrogens is 1. The van der Waals surface area contributed by atoms with Crippen molar-refractivity contribution in [1.29, 1.82) is 0 Å². The third kappa shape index (κ3) is 2.57. The maximum atomic E-state index is 13.0. The molecule has 142 valence electrons. The highest BCUT2D eigenvalue weighted by Crippen LogP contribution is 2.45. The van der Waals surface area contributed by atoms with E-state index in [9.17, 15) is 9.59 Å². The molecule has 0 radical (unpaired) electrons. The number of nitrogens with zero attached hydrogens (tertiary/aromatic N) is 2. The standard InChI is InChI=1S/C21H25N3O3/c1-27-18-20(26)24(13-14-6-7-14)21(18)8-10-23(11-9-21)19(25)17-12-15-4-2-3-5-16(15)22-17/h2-5,12,14,18,22H,6-11,13H2,1H3. The number of methoxy groups -OCH3 is 1. The van der Waals surface area contributed by atoms with Gasteiger partial charge in [0, 0.05) is 37.6 Å². The summed E-state index contributed by atoms with van der Waals surface area (Å²) in [7, 11) is 1.63. The number of benzene rings is 1. The number of carbonyl (C=O) groups excluding carboxylic acids is 2. The Hall–Kier alpha value is -2.34. The van der Waals surface area contributed by atoms with Crippen LogP contribution in [0.5, 0.6) is 0 Å². The van der Waals surface area contributed by atoms with Gasteiger partial charge in [0.15, 0.2) is 6.10 Å². The minimum absolute atomic E-state index is 0.0365. The molecule has 5 rings (SSSR count). The van der Waals surface area contributed by atoms with Gasteiger partial charge in [-0.1, -0.05) is 18.2 Å². The summed E-state index contributed by atoms with van der Waals surface area (Å²) in [6.45, 7) is 2.17. The fraction of sp³-hybridized carbons (Fsp3) is 0.524. The van der Waals surface area contributed by atoms with Crippen molar-refractivity contribution >= 4 is 22.7 Å². The number of carbonyl (C=O) groups is 2. The molecule has 1 saturated carbocycles. The van der Waals surface area contributed by atoms with Crippen LogP contribution in [0.25, 0.3) is 10.9 Å². The molecule has 2 aromatic rings. The van der Waals surface area contributed by atoms with Crippen LogP contribution in [0.4, 0.5) is 0 Å². The zero-order valence-corrected chi connectivity index (χ0v) is 15.6. The molecular formula is C21H25N3O3. The number of hydrogen-bond acceptors (Lipinski definition) is 3. The first kappa shape index (κ1) is 16.8. The summed E-state index contributed by atoms with van der Waals surface area (Å²) in [6, 6.07) is 9.85. The highest BCUT2D eigenvalue weighted by Gasteiger charge is 2.61. The van der Waals surface area contributed by atoms with Crippen molar-refractivity contribution in [2.24, 2.45) is 5.92 Å². The van der Waals surface area contributed by atoms with Crippen LogP contribution in [-0.4, -0.2) is 65.0 Å². The van der Waals surface area contributed by atoms with Crippen molar-refractivity contribution in [3.8, 4) is 0 Å². The van der Waals surface area contributed by atoms with Crippen molar-refractivity contribution in [1.82, 2.24) is 14.8 Å². The van der Waals surface area contributed by atoms with Gasteiger partial charge in [0.05, 0.1) is 5.54 Å². The molecule has 3 fully saturated rings. The van der Waals surface area contributed by atoms with E-state index in [-0.39, 0.29) is 23.5 Å². The van der Waals surface area contributed by atoms with Crippen molar-refractivity contribution in [3.63, 3.8) is 0 Å². The molecule has 0 bridgehead atoms. The Kier molecular flexibility index (Phi) is 3.79. The van der Waals surface area contributed by atoms with Gasteiger partial charge < -0.3 is 19.5 Å². The molecule has 27 heavy (non-hydrogen) atoms. The van der Waals surface area contributed by atoms with Crippen LogP contribution in [0.2, 0.25) is 0 Å². The lowest BCUT2D eigenvalue weighted by molar-refractivity contribution is -0.198. The van der Waals surface area contributed by atoms with Gasteiger partial charge in [-0.2, -0.15) is 0 Å². The summed E-state index contributed by atoms with van der Waals surface area (Å²) in [5.74, 6) is 0.823. The van der Waals surface area contributed by atoms with E-state index in [1.54, 1.807) is 7.11 Å². The maximum absolute atomic E-state index is 13.0. The van der Waals surface area contributed by atoms with Gasteiger partial charge in [0.25, 0.3) is 11.8 Å². The number of amides is 2. The van der Waals surface area contributed by atoms with E-state index in [1.807, 2.05) is 40.1 Å². The molecule has 1 aromatic carbocycles. The average Bonchev–Trinajstić information content (AvgIpc) is 3.42. The highest BCUT2D eigenvalue weighted by atomic mass is 16.5. The van der Waals surface area contributed by atoms with Crippen LogP contribution >= 0.6 is 0 Å². The summed E-state index contributed by atoms with van der Waals surface area (Å²) in [5, 5.41) is 1.05. The lowest BCUT2D eigenvalue weighted by Gasteiger charge is -2.59. The number of β-lactam (4-membered cyclic amide) rings is 1. The number of likely N-dealkylation sites (tertiary alicyclic amines) is 2. The number of aromatic amines is 1. The van der Waals surface area contributed by atoms with Crippen LogP contribution in [0.1, 0.15) is 36.2 Å². The van der Waals surface area contributed by atoms with Gasteiger partial charge in [0.1, 0.15) is 5.69 Å². The Bertz CT molecular complexity index is 860. The Morgan fingerprint density at radius 3 is 2.67 bits per heavy atom. The summed E-state index contributed by atoms with van der Waals surface area (Å²) in [5.41, 5.74) is 1.40. The normalized spacial score (nSPS) is 24.5. The second-order valence-electron chi connectivity index (χ2n) is 8.17. The van der Waals surface area contributed by atoms with E-state index < -0.39 is 0 Å². The molecule has 2 saturated heterocycles. The molecule has 1 unspecified atom stereocenters. The highest BCUT2D eigenvalue weighted by molar-refractivity contribution is 5.98. The van der Waals surface area contributed by atoms with Gasteiger partial charge >= 0.3 is 0 Å². The van der Waals surface area contributed by atoms with Crippen molar-refractivity contribution < 1.29 is 14.3 Å². The van der Waals surface area contributed by atoms with Crippen LogP contribution in [0.15, 0.2) is 30.3 Å². The first-order valence-corrected chi connectivity index (χ1v) is 9.84. The van der Waals surface area contributed by atoms with Crippen molar-refractivity contribution in [2.75, 3.05) is 26.7 Å². The Balaban J connectivity index is 1.31. The summed E-state index contributed by atoms with van der Waals surface area (Å²) >= 11 is 0. The first-order chi connectivity index (χ1) is 13.1. The van der Waals surface area contributed by atoms with Gasteiger partial charge in [-0.15, -0.1) is 0 Å². The number of para-hydroxylation sites is 1. The number of fused-ring (bicyclic) bond motifs is 1. The molecule has 3 heterocycles. The van der Waals surface area contributed by atoms with Crippen molar-refractivity contribution in [3.05, 3.63) is 36.0 Å². The molecule has 1 spiro atoms. The number of hydrogen-bond donors (Lipinski definition) is 1. The molecule has 6 heteroatoms. The second-order valence-corrected chi connectivity index (χ2v) is 8.17. The molecule has 2 amide bonds. The minimum Gasteiger partial charge on any atom is -0.369 e. The zero-order valence-electron chi connectivity index (χ0n) is 15.6. The van der Waals surface area contributed by atoms with E-state index in [4.69, 9.17) is 4.74 Å². The minimum atomic E-state index is -0.346. The fourth-order valence-corrected chi connectivity index (χ4v) is 4.80. The topological polar surface area (TPSA) is 65.6 Å². The maximum Gasteiger partial charge on any atom is 0.270 e. The van der Waals surface area contributed by atoms with Crippen molar-refractivity contribution in [2.45, 2.75) is 37.3 Å². The third-order valence-corrected chi connectivity index (χ3v) is 6.57. The van der Waals surface area contributed by atoms with E-state index in [0.717, 1.165) is 30.3 Å². The van der Waals surface area contributed by atoms with Crippen LogP contribution in [-0.2, 0) is 9.53 Å². The predicted molar refractivity (Wildman–Crippen MR) is 101 cm³/mol. The lowest BCUT2D eigenvalue weighted by atomic mass is 9.72. The van der Waals surface area contributed by atoms with Gasteiger partial charge in [-0.25, -0.2) is 0 Å². The van der Waals surface area contributed by atoms with Gasteiger partial charge in [0.2, 0.25) is 0 Å². The van der Waals surface area contributed by atoms with Crippen LogP contribution < -0.4 is 0 Å². The molecular weight excluding hydrogens is 342 g/mol. The number of nitrogens with one attached hydrogen (secondary N) is 1. The summed E-state index contributed by atoms with van der Waals surface area (Å²) in [4.78, 5) is 32.6. The summed E-state index contributed by atoms with van der Waals surface area (Å²) < 4.78 is 5.54. The molecule has 3 aliphatic rings. The summed E-state index contributed by atoms with van der Waals surface area (Å²) in [6.07, 6.45) is 3.68. The monoisotopic (exact) mass is 367 g/mol. The first-order valence-electron chi connectivity index (χ1n) is 9.84. The van der Waals surface area contributed by atoms with Gasteiger partial charge in [-0.05, 0) is 43.7 Å². The average molecular weight is 367 g/mol. The molecule has 1 atom stereocenters. The van der Waals surface area contributed by atoms with Crippen LogP contribution in [0, 0.1) is 5.92 Å². The second kappa shape index (κ2) is 6.09.